The fourth-order valence-corrected chi connectivity index (χ4v) is 2.80. The molecule has 1 saturated heterocycles. The largest absolute Gasteiger partial charge is 0.506 e. The number of benzene rings is 1. The predicted octanol–water partition coefficient (Wildman–Crippen LogP) is 3.19. The van der Waals surface area contributed by atoms with Crippen LogP contribution in [-0.4, -0.2) is 15.3 Å². The van der Waals surface area contributed by atoms with Gasteiger partial charge in [-0.25, -0.2) is 0 Å². The highest BCUT2D eigenvalue weighted by molar-refractivity contribution is 8.26. The van der Waals surface area contributed by atoms with Gasteiger partial charge in [-0.15, -0.1) is 0 Å². The van der Waals surface area contributed by atoms with Crippen molar-refractivity contribution in [2.24, 2.45) is 0 Å². The van der Waals surface area contributed by atoms with Crippen LogP contribution in [0.3, 0.4) is 0 Å². The van der Waals surface area contributed by atoms with Gasteiger partial charge in [-0.1, -0.05) is 47.2 Å². The Balaban J connectivity index is 2.46. The number of phenols is 1. The molecule has 3 nitrogen and oxygen atoms in total. The number of nitrogens with one attached hydrogen (secondary N) is 1. The predicted molar refractivity (Wildman–Crippen MR) is 74.4 cm³/mol. The van der Waals surface area contributed by atoms with E-state index in [2.05, 4.69) is 5.32 Å². The Kier molecular flexibility index (Phi) is 3.63. The van der Waals surface area contributed by atoms with Crippen LogP contribution in [0.1, 0.15) is 5.56 Å². The van der Waals surface area contributed by atoms with Crippen LogP contribution >= 0.6 is 47.2 Å². The molecule has 0 radical (unpaired) electrons. The van der Waals surface area contributed by atoms with E-state index in [0.717, 1.165) is 11.8 Å². The topological polar surface area (TPSA) is 49.3 Å². The van der Waals surface area contributed by atoms with Gasteiger partial charge >= 0.3 is 0 Å². The number of phenolic OH excluding ortho intramolecular Hbond substituents is 1. The lowest BCUT2D eigenvalue weighted by Crippen LogP contribution is -2.17. The zero-order valence-electron chi connectivity index (χ0n) is 8.16. The second-order valence-electron chi connectivity index (χ2n) is 3.18. The molecule has 7 heteroatoms. The van der Waals surface area contributed by atoms with Gasteiger partial charge < -0.3 is 10.4 Å². The van der Waals surface area contributed by atoms with Crippen LogP contribution in [0.5, 0.6) is 5.75 Å². The van der Waals surface area contributed by atoms with E-state index < -0.39 is 0 Å². The second kappa shape index (κ2) is 4.86. The molecule has 1 heterocycles. The van der Waals surface area contributed by atoms with E-state index in [1.54, 1.807) is 0 Å². The average Bonchev–Trinajstić information content (AvgIpc) is 2.53. The van der Waals surface area contributed by atoms with Crippen molar-refractivity contribution in [3.05, 3.63) is 32.6 Å². The van der Waals surface area contributed by atoms with Crippen molar-refractivity contribution in [2.75, 3.05) is 0 Å². The number of rotatable bonds is 1. The molecule has 1 aliphatic heterocycles. The molecule has 0 aliphatic carbocycles. The van der Waals surface area contributed by atoms with E-state index >= 15 is 0 Å². The highest BCUT2D eigenvalue weighted by Gasteiger charge is 2.22. The van der Waals surface area contributed by atoms with Gasteiger partial charge in [0, 0.05) is 10.6 Å². The summed E-state index contributed by atoms with van der Waals surface area (Å²) in [5.41, 5.74) is 0.379. The third-order valence-corrected chi connectivity index (χ3v) is 3.66. The Labute approximate surface area is 117 Å². The standard InChI is InChI=1S/C10H5Cl2NO2S2/c11-5-1-4(8(14)6(12)3-5)2-7-9(15)13-10(16)17-7/h1-3,14H,(H,13,15,16)/b7-2+. The number of hydrogen-bond donors (Lipinski definition) is 2. The van der Waals surface area contributed by atoms with E-state index in [0.29, 0.717) is 19.8 Å². The quantitative estimate of drug-likeness (QED) is 0.618. The summed E-state index contributed by atoms with van der Waals surface area (Å²) in [6.45, 7) is 0. The summed E-state index contributed by atoms with van der Waals surface area (Å²) in [7, 11) is 0. The summed E-state index contributed by atoms with van der Waals surface area (Å²) in [5.74, 6) is -0.412. The zero-order valence-corrected chi connectivity index (χ0v) is 11.3. The molecule has 2 N–H and O–H groups in total. The van der Waals surface area contributed by atoms with Crippen LogP contribution < -0.4 is 5.32 Å². The normalized spacial score (nSPS) is 17.6. The highest BCUT2D eigenvalue weighted by Crippen LogP contribution is 2.35. The Morgan fingerprint density at radius 1 is 1.41 bits per heavy atom. The number of hydrogen-bond acceptors (Lipinski definition) is 4. The first-order valence-electron chi connectivity index (χ1n) is 4.40. The third kappa shape index (κ3) is 2.74. The lowest BCUT2D eigenvalue weighted by molar-refractivity contribution is -0.115. The van der Waals surface area contributed by atoms with Gasteiger partial charge in [-0.3, -0.25) is 4.79 Å². The Hall–Kier alpha value is -0.750. The molecule has 1 aromatic carbocycles. The molecule has 0 bridgehead atoms. The summed E-state index contributed by atoms with van der Waals surface area (Å²) in [4.78, 5) is 11.8. The van der Waals surface area contributed by atoms with Gasteiger partial charge in [0.25, 0.3) is 5.91 Å². The number of halogens is 2. The van der Waals surface area contributed by atoms with E-state index in [4.69, 9.17) is 35.4 Å². The average molecular weight is 306 g/mol. The maximum Gasteiger partial charge on any atom is 0.263 e. The lowest BCUT2D eigenvalue weighted by atomic mass is 10.2. The number of aromatic hydroxyl groups is 1. The Morgan fingerprint density at radius 2 is 2.12 bits per heavy atom. The van der Waals surface area contributed by atoms with Gasteiger partial charge in [0.05, 0.1) is 9.93 Å². The van der Waals surface area contributed by atoms with Crippen LogP contribution in [0.4, 0.5) is 0 Å². The van der Waals surface area contributed by atoms with Crippen molar-refractivity contribution in [3.63, 3.8) is 0 Å². The minimum absolute atomic E-state index is 0.116. The number of amides is 1. The number of thiocarbonyl (C=S) groups is 1. The number of thioether (sulfide) groups is 1. The van der Waals surface area contributed by atoms with Crippen LogP contribution in [0.15, 0.2) is 17.0 Å². The first-order chi connectivity index (χ1) is 7.97. The molecule has 0 aromatic heterocycles. The summed E-state index contributed by atoms with van der Waals surface area (Å²) in [5, 5.41) is 12.7. The molecule has 1 fully saturated rings. The Morgan fingerprint density at radius 3 is 2.71 bits per heavy atom. The van der Waals surface area contributed by atoms with E-state index in [9.17, 15) is 9.90 Å². The fraction of sp³-hybridized carbons (Fsp3) is 0. The van der Waals surface area contributed by atoms with Crippen LogP contribution in [0, 0.1) is 0 Å². The monoisotopic (exact) mass is 305 g/mol. The van der Waals surface area contributed by atoms with E-state index in [1.165, 1.54) is 18.2 Å². The molecule has 0 saturated carbocycles. The molecule has 0 spiro atoms. The van der Waals surface area contributed by atoms with E-state index in [-0.39, 0.29) is 16.7 Å². The molecule has 1 aliphatic rings. The van der Waals surface area contributed by atoms with Gasteiger partial charge in [0.2, 0.25) is 0 Å². The number of carbonyl (C=O) groups is 1. The smallest absolute Gasteiger partial charge is 0.263 e. The van der Waals surface area contributed by atoms with Crippen LogP contribution in [0.2, 0.25) is 10.0 Å². The van der Waals surface area contributed by atoms with Gasteiger partial charge in [0.1, 0.15) is 10.1 Å². The van der Waals surface area contributed by atoms with Crippen molar-refractivity contribution >= 4 is 63.5 Å². The maximum atomic E-state index is 11.4. The van der Waals surface area contributed by atoms with Crippen molar-refractivity contribution in [3.8, 4) is 5.75 Å². The fourth-order valence-electron chi connectivity index (χ4n) is 1.26. The minimum Gasteiger partial charge on any atom is -0.506 e. The second-order valence-corrected chi connectivity index (χ2v) is 5.74. The summed E-state index contributed by atoms with van der Waals surface area (Å²) in [6, 6.07) is 2.94. The molecular weight excluding hydrogens is 301 g/mol. The SMILES string of the molecule is O=C1NC(=S)S/C1=C/c1cc(Cl)cc(Cl)c1O. The highest BCUT2D eigenvalue weighted by atomic mass is 35.5. The summed E-state index contributed by atoms with van der Waals surface area (Å²) < 4.78 is 0.383. The molecular formula is C10H5Cl2NO2S2. The van der Waals surface area contributed by atoms with Crippen molar-refractivity contribution < 1.29 is 9.90 Å². The zero-order chi connectivity index (χ0) is 12.6. The van der Waals surface area contributed by atoms with Crippen molar-refractivity contribution in [1.82, 2.24) is 5.32 Å². The first-order valence-corrected chi connectivity index (χ1v) is 6.38. The molecule has 0 unspecified atom stereocenters. The lowest BCUT2D eigenvalue weighted by Gasteiger charge is -2.03. The molecule has 88 valence electrons. The molecule has 1 aromatic rings. The minimum atomic E-state index is -0.296. The first kappa shape index (κ1) is 12.7. The molecule has 0 atom stereocenters. The molecule has 1 amide bonds. The Bertz CT molecular complexity index is 557. The van der Waals surface area contributed by atoms with E-state index in [1.807, 2.05) is 0 Å². The van der Waals surface area contributed by atoms with Gasteiger partial charge in [-0.05, 0) is 18.2 Å². The van der Waals surface area contributed by atoms with Gasteiger partial charge in [0.15, 0.2) is 0 Å². The van der Waals surface area contributed by atoms with Crippen LogP contribution in [-0.2, 0) is 4.79 Å². The molecule has 17 heavy (non-hydrogen) atoms. The van der Waals surface area contributed by atoms with Crippen molar-refractivity contribution in [2.45, 2.75) is 0 Å². The van der Waals surface area contributed by atoms with Crippen molar-refractivity contribution in [1.29, 1.82) is 0 Å². The number of carbonyl (C=O) groups excluding carboxylic acids is 1. The third-order valence-electron chi connectivity index (χ3n) is 1.99. The maximum absolute atomic E-state index is 11.4. The summed E-state index contributed by atoms with van der Waals surface area (Å²) >= 11 is 17.6. The molecule has 2 rings (SSSR count). The van der Waals surface area contributed by atoms with Gasteiger partial charge in [-0.2, -0.15) is 0 Å². The summed E-state index contributed by atoms with van der Waals surface area (Å²) in [6.07, 6.45) is 1.49. The van der Waals surface area contributed by atoms with Crippen LogP contribution in [0.25, 0.3) is 6.08 Å².